The average molecular weight is 286 g/mol. The second-order valence-electron chi connectivity index (χ2n) is 7.76. The lowest BCUT2D eigenvalue weighted by atomic mass is 9.70. The number of nitrogens with zero attached hydrogens (tertiary/aromatic N) is 1. The van der Waals surface area contributed by atoms with E-state index in [4.69, 9.17) is 5.73 Å². The first-order valence-electron chi connectivity index (χ1n) is 8.58. The number of piperidine rings is 1. The molecule has 2 N–H and O–H groups in total. The number of rotatable bonds is 2. The van der Waals surface area contributed by atoms with Crippen LogP contribution in [0.4, 0.5) is 0 Å². The Morgan fingerprint density at radius 3 is 2.48 bits per heavy atom. The molecule has 1 aliphatic carbocycles. The van der Waals surface area contributed by atoms with Crippen LogP contribution in [0.25, 0.3) is 0 Å². The minimum atomic E-state index is 0.331. The van der Waals surface area contributed by atoms with E-state index in [-0.39, 0.29) is 0 Å². The molecule has 1 heterocycles. The summed E-state index contributed by atoms with van der Waals surface area (Å²) in [5.41, 5.74) is 9.56. The van der Waals surface area contributed by atoms with Crippen molar-refractivity contribution in [2.45, 2.75) is 64.0 Å². The molecular weight excluding hydrogens is 256 g/mol. The topological polar surface area (TPSA) is 29.3 Å². The number of fused-ring (bicyclic) bond motifs is 1. The Morgan fingerprint density at radius 2 is 1.81 bits per heavy atom. The number of hydrogen-bond donors (Lipinski definition) is 1. The van der Waals surface area contributed by atoms with E-state index < -0.39 is 0 Å². The lowest BCUT2D eigenvalue weighted by molar-refractivity contribution is 0.106. The fourth-order valence-electron chi connectivity index (χ4n) is 4.33. The third-order valence-electron chi connectivity index (χ3n) is 5.85. The van der Waals surface area contributed by atoms with Crippen molar-refractivity contribution in [3.63, 3.8) is 0 Å². The van der Waals surface area contributed by atoms with E-state index in [2.05, 4.69) is 49.9 Å². The highest BCUT2D eigenvalue weighted by Crippen LogP contribution is 2.44. The van der Waals surface area contributed by atoms with Crippen LogP contribution in [0.3, 0.4) is 0 Å². The molecule has 2 atom stereocenters. The molecule has 116 valence electrons. The van der Waals surface area contributed by atoms with Gasteiger partial charge in [0.05, 0.1) is 0 Å². The third kappa shape index (κ3) is 2.89. The molecule has 0 aromatic heterocycles. The Balaban J connectivity index is 1.79. The minimum Gasteiger partial charge on any atom is -0.328 e. The van der Waals surface area contributed by atoms with Gasteiger partial charge in [-0.25, -0.2) is 0 Å². The summed E-state index contributed by atoms with van der Waals surface area (Å²) >= 11 is 0. The smallest absolute Gasteiger partial charge is 0.0351 e. The summed E-state index contributed by atoms with van der Waals surface area (Å²) in [6.45, 7) is 9.38. The predicted molar refractivity (Wildman–Crippen MR) is 89.4 cm³/mol. The van der Waals surface area contributed by atoms with Crippen LogP contribution < -0.4 is 5.73 Å². The van der Waals surface area contributed by atoms with Crippen LogP contribution in [0.15, 0.2) is 24.3 Å². The maximum Gasteiger partial charge on any atom is 0.0351 e. The van der Waals surface area contributed by atoms with Crippen molar-refractivity contribution in [3.05, 3.63) is 35.4 Å². The summed E-state index contributed by atoms with van der Waals surface area (Å²) in [5.74, 6) is 0.719. The Labute approximate surface area is 129 Å². The van der Waals surface area contributed by atoms with Crippen LogP contribution in [0.2, 0.25) is 0 Å². The minimum absolute atomic E-state index is 0.331. The van der Waals surface area contributed by atoms with Crippen molar-refractivity contribution >= 4 is 0 Å². The quantitative estimate of drug-likeness (QED) is 0.894. The highest BCUT2D eigenvalue weighted by molar-refractivity contribution is 5.38. The van der Waals surface area contributed by atoms with Gasteiger partial charge >= 0.3 is 0 Å². The monoisotopic (exact) mass is 286 g/mol. The third-order valence-corrected chi connectivity index (χ3v) is 5.85. The number of likely N-dealkylation sites (tertiary alicyclic amines) is 1. The molecule has 2 aliphatic rings. The Bertz CT molecular complexity index is 484. The van der Waals surface area contributed by atoms with Crippen LogP contribution in [-0.4, -0.2) is 24.0 Å². The van der Waals surface area contributed by atoms with Crippen molar-refractivity contribution in [1.82, 2.24) is 4.90 Å². The van der Waals surface area contributed by atoms with Crippen molar-refractivity contribution in [3.8, 4) is 0 Å². The summed E-state index contributed by atoms with van der Waals surface area (Å²) in [7, 11) is 0. The second-order valence-corrected chi connectivity index (χ2v) is 7.76. The molecule has 1 aromatic carbocycles. The maximum atomic E-state index is 6.08. The molecule has 1 aliphatic heterocycles. The average Bonchev–Trinajstić information content (AvgIpc) is 2.48. The molecule has 2 nitrogen and oxygen atoms in total. The highest BCUT2D eigenvalue weighted by Gasteiger charge is 2.36. The molecule has 1 aromatic rings. The zero-order valence-corrected chi connectivity index (χ0v) is 13.8. The lowest BCUT2D eigenvalue weighted by Crippen LogP contribution is -2.43. The van der Waals surface area contributed by atoms with Gasteiger partial charge in [-0.1, -0.05) is 38.1 Å². The van der Waals surface area contributed by atoms with Crippen molar-refractivity contribution in [2.75, 3.05) is 13.1 Å². The van der Waals surface area contributed by atoms with Crippen LogP contribution in [0.1, 0.15) is 63.6 Å². The predicted octanol–water partition coefficient (Wildman–Crippen LogP) is 3.86. The first-order chi connectivity index (χ1) is 9.99. The molecule has 1 saturated heterocycles. The summed E-state index contributed by atoms with van der Waals surface area (Å²) in [5, 5.41) is 0. The molecule has 1 fully saturated rings. The summed E-state index contributed by atoms with van der Waals surface area (Å²) in [4.78, 5) is 2.72. The first kappa shape index (κ1) is 15.1. The standard InChI is InChI=1S/C19H30N2/c1-14(20)15-9-12-21(13-10-15)18-8-11-19(2,3)17-7-5-4-6-16(17)18/h4-7,14-15,18H,8-13,20H2,1-3H3. The van der Waals surface area contributed by atoms with Crippen LogP contribution in [0, 0.1) is 5.92 Å². The molecule has 3 rings (SSSR count). The van der Waals surface area contributed by atoms with Crippen LogP contribution in [-0.2, 0) is 5.41 Å². The van der Waals surface area contributed by atoms with Gasteiger partial charge in [0.25, 0.3) is 0 Å². The van der Waals surface area contributed by atoms with Gasteiger partial charge in [-0.3, -0.25) is 4.90 Å². The zero-order chi connectivity index (χ0) is 15.0. The number of hydrogen-bond acceptors (Lipinski definition) is 2. The van der Waals surface area contributed by atoms with E-state index in [0.717, 1.165) is 5.92 Å². The van der Waals surface area contributed by atoms with Crippen molar-refractivity contribution in [2.24, 2.45) is 11.7 Å². The molecule has 21 heavy (non-hydrogen) atoms. The Kier molecular flexibility index (Phi) is 4.11. The summed E-state index contributed by atoms with van der Waals surface area (Å²) in [6.07, 6.45) is 5.12. The molecule has 0 bridgehead atoms. The van der Waals surface area contributed by atoms with Gasteiger partial charge in [-0.15, -0.1) is 0 Å². The van der Waals surface area contributed by atoms with Gasteiger partial charge in [-0.2, -0.15) is 0 Å². The number of benzene rings is 1. The van der Waals surface area contributed by atoms with Gasteiger partial charge in [-0.05, 0) is 68.2 Å². The van der Waals surface area contributed by atoms with Gasteiger partial charge in [0.15, 0.2) is 0 Å². The highest BCUT2D eigenvalue weighted by atomic mass is 15.2. The second kappa shape index (κ2) is 5.73. The number of nitrogens with two attached hydrogens (primary N) is 1. The normalized spacial score (nSPS) is 28.1. The molecule has 0 saturated carbocycles. The fourth-order valence-corrected chi connectivity index (χ4v) is 4.33. The van der Waals surface area contributed by atoms with Crippen LogP contribution >= 0.6 is 0 Å². The summed E-state index contributed by atoms with van der Waals surface area (Å²) in [6, 6.07) is 10.1. The molecule has 0 radical (unpaired) electrons. The first-order valence-corrected chi connectivity index (χ1v) is 8.58. The molecule has 0 amide bonds. The van der Waals surface area contributed by atoms with E-state index in [1.165, 1.54) is 38.8 Å². The largest absolute Gasteiger partial charge is 0.328 e. The summed E-state index contributed by atoms with van der Waals surface area (Å²) < 4.78 is 0. The Hall–Kier alpha value is -0.860. The SMILES string of the molecule is CC(N)C1CCN(C2CCC(C)(C)c3ccccc32)CC1. The molecule has 2 heteroatoms. The van der Waals surface area contributed by atoms with E-state index in [1.54, 1.807) is 11.1 Å². The van der Waals surface area contributed by atoms with Crippen molar-refractivity contribution in [1.29, 1.82) is 0 Å². The van der Waals surface area contributed by atoms with Gasteiger partial charge < -0.3 is 5.73 Å². The van der Waals surface area contributed by atoms with Crippen molar-refractivity contribution < 1.29 is 0 Å². The molecule has 2 unspecified atom stereocenters. The lowest BCUT2D eigenvalue weighted by Gasteiger charge is -2.44. The van der Waals surface area contributed by atoms with Gasteiger partial charge in [0, 0.05) is 12.1 Å². The van der Waals surface area contributed by atoms with E-state index >= 15 is 0 Å². The molecular formula is C19H30N2. The van der Waals surface area contributed by atoms with Gasteiger partial charge in [0.1, 0.15) is 0 Å². The fraction of sp³-hybridized carbons (Fsp3) is 0.684. The zero-order valence-electron chi connectivity index (χ0n) is 13.8. The van der Waals surface area contributed by atoms with E-state index in [1.807, 2.05) is 0 Å². The maximum absolute atomic E-state index is 6.08. The van der Waals surface area contributed by atoms with Gasteiger partial charge in [0.2, 0.25) is 0 Å². The molecule has 0 spiro atoms. The Morgan fingerprint density at radius 1 is 1.14 bits per heavy atom. The van der Waals surface area contributed by atoms with E-state index in [0.29, 0.717) is 17.5 Å². The van der Waals surface area contributed by atoms with E-state index in [9.17, 15) is 0 Å². The van der Waals surface area contributed by atoms with Crippen LogP contribution in [0.5, 0.6) is 0 Å².